The van der Waals surface area contributed by atoms with Crippen LogP contribution < -0.4 is 16.0 Å². The van der Waals surface area contributed by atoms with Crippen LogP contribution in [-0.4, -0.2) is 18.0 Å². The first-order valence-corrected chi connectivity index (χ1v) is 9.99. The molecule has 5 nitrogen and oxygen atoms in total. The van der Waals surface area contributed by atoms with Crippen molar-refractivity contribution in [2.45, 2.75) is 32.4 Å². The molecule has 3 amide bonds. The van der Waals surface area contributed by atoms with Crippen LogP contribution in [0.25, 0.3) is 0 Å². The smallest absolute Gasteiger partial charge is 0.319 e. The molecule has 0 saturated heterocycles. The number of amides is 3. The van der Waals surface area contributed by atoms with Gasteiger partial charge in [0.15, 0.2) is 0 Å². The highest BCUT2D eigenvalue weighted by Gasteiger charge is 2.31. The average Bonchev–Trinajstić information content (AvgIpc) is 2.74. The van der Waals surface area contributed by atoms with Gasteiger partial charge in [-0.15, -0.1) is 0 Å². The predicted octanol–water partition coefficient (Wildman–Crippen LogP) is 4.91. The summed E-state index contributed by atoms with van der Waals surface area (Å²) in [4.78, 5) is 25.2. The summed E-state index contributed by atoms with van der Waals surface area (Å²) in [6.07, 6.45) is 0. The SMILES string of the molecule is CC(C)NC(=O)Nc1cccc(C(=O)NC(C)(c2ccccc2)c2ccccc2)c1. The molecule has 3 N–H and O–H groups in total. The van der Waals surface area contributed by atoms with Gasteiger partial charge in [-0.2, -0.15) is 0 Å². The minimum Gasteiger partial charge on any atom is -0.339 e. The largest absolute Gasteiger partial charge is 0.339 e. The summed E-state index contributed by atoms with van der Waals surface area (Å²) in [7, 11) is 0. The van der Waals surface area contributed by atoms with Gasteiger partial charge in [0.1, 0.15) is 0 Å². The summed E-state index contributed by atoms with van der Waals surface area (Å²) in [5, 5.41) is 8.72. The molecule has 0 atom stereocenters. The summed E-state index contributed by atoms with van der Waals surface area (Å²) < 4.78 is 0. The van der Waals surface area contributed by atoms with E-state index >= 15 is 0 Å². The fourth-order valence-electron chi connectivity index (χ4n) is 3.32. The zero-order valence-corrected chi connectivity index (χ0v) is 17.5. The number of rotatable bonds is 6. The number of nitrogens with one attached hydrogen (secondary N) is 3. The average molecular weight is 402 g/mol. The van der Waals surface area contributed by atoms with Crippen molar-refractivity contribution in [2.24, 2.45) is 0 Å². The van der Waals surface area contributed by atoms with E-state index in [1.54, 1.807) is 24.3 Å². The Morgan fingerprint density at radius 1 is 0.800 bits per heavy atom. The third-order valence-electron chi connectivity index (χ3n) is 4.87. The summed E-state index contributed by atoms with van der Waals surface area (Å²) in [6.45, 7) is 5.77. The topological polar surface area (TPSA) is 70.2 Å². The van der Waals surface area contributed by atoms with Gasteiger partial charge in [-0.3, -0.25) is 4.79 Å². The summed E-state index contributed by atoms with van der Waals surface area (Å²) >= 11 is 0. The van der Waals surface area contributed by atoms with Crippen LogP contribution >= 0.6 is 0 Å². The third-order valence-corrected chi connectivity index (χ3v) is 4.87. The van der Waals surface area contributed by atoms with Crippen molar-refractivity contribution in [3.05, 3.63) is 102 Å². The van der Waals surface area contributed by atoms with E-state index in [-0.39, 0.29) is 18.0 Å². The molecule has 0 bridgehead atoms. The first-order chi connectivity index (χ1) is 14.4. The highest BCUT2D eigenvalue weighted by molar-refractivity contribution is 5.97. The van der Waals surface area contributed by atoms with E-state index in [4.69, 9.17) is 0 Å². The van der Waals surface area contributed by atoms with Crippen LogP contribution in [0.1, 0.15) is 42.3 Å². The van der Waals surface area contributed by atoms with E-state index in [0.717, 1.165) is 11.1 Å². The predicted molar refractivity (Wildman–Crippen MR) is 121 cm³/mol. The summed E-state index contributed by atoms with van der Waals surface area (Å²) in [6, 6.07) is 26.4. The van der Waals surface area contributed by atoms with E-state index in [2.05, 4.69) is 16.0 Å². The fourth-order valence-corrected chi connectivity index (χ4v) is 3.32. The molecule has 0 fully saturated rings. The van der Waals surface area contributed by atoms with Crippen LogP contribution in [0.15, 0.2) is 84.9 Å². The standard InChI is InChI=1S/C25H27N3O2/c1-18(2)26-24(30)27-22-16-10-11-19(17-22)23(29)28-25(3,20-12-6-4-7-13-20)21-14-8-5-9-15-21/h4-18H,1-3H3,(H,28,29)(H2,26,27,30). The van der Waals surface area contributed by atoms with E-state index < -0.39 is 5.54 Å². The van der Waals surface area contributed by atoms with Crippen molar-refractivity contribution >= 4 is 17.6 Å². The summed E-state index contributed by atoms with van der Waals surface area (Å²) in [5.74, 6) is -0.224. The van der Waals surface area contributed by atoms with Crippen molar-refractivity contribution in [3.8, 4) is 0 Å². The molecule has 3 aromatic rings. The van der Waals surface area contributed by atoms with Gasteiger partial charge in [-0.1, -0.05) is 66.7 Å². The van der Waals surface area contributed by atoms with Crippen LogP contribution in [0.3, 0.4) is 0 Å². The van der Waals surface area contributed by atoms with Crippen molar-refractivity contribution < 1.29 is 9.59 Å². The molecule has 0 unspecified atom stereocenters. The lowest BCUT2D eigenvalue weighted by atomic mass is 9.84. The first-order valence-electron chi connectivity index (χ1n) is 9.99. The molecule has 0 aliphatic rings. The Kier molecular flexibility index (Phi) is 6.52. The van der Waals surface area contributed by atoms with Gasteiger partial charge in [-0.05, 0) is 50.1 Å². The zero-order valence-electron chi connectivity index (χ0n) is 17.5. The number of benzene rings is 3. The quantitative estimate of drug-likeness (QED) is 0.549. The molecule has 0 aliphatic carbocycles. The lowest BCUT2D eigenvalue weighted by Crippen LogP contribution is -2.44. The Bertz CT molecular complexity index is 962. The normalized spacial score (nSPS) is 11.1. The van der Waals surface area contributed by atoms with Crippen molar-refractivity contribution in [3.63, 3.8) is 0 Å². The maximum absolute atomic E-state index is 13.2. The fraction of sp³-hybridized carbons (Fsp3) is 0.200. The molecule has 0 aromatic heterocycles. The van der Waals surface area contributed by atoms with Crippen LogP contribution in [-0.2, 0) is 5.54 Å². The van der Waals surface area contributed by atoms with Gasteiger partial charge >= 0.3 is 6.03 Å². The second kappa shape index (κ2) is 9.27. The number of hydrogen-bond acceptors (Lipinski definition) is 2. The second-order valence-electron chi connectivity index (χ2n) is 7.65. The van der Waals surface area contributed by atoms with Crippen LogP contribution in [0.4, 0.5) is 10.5 Å². The lowest BCUT2D eigenvalue weighted by molar-refractivity contribution is 0.0919. The number of urea groups is 1. The van der Waals surface area contributed by atoms with Gasteiger partial charge in [0, 0.05) is 17.3 Å². The zero-order chi connectivity index (χ0) is 21.6. The van der Waals surface area contributed by atoms with E-state index in [0.29, 0.717) is 11.3 Å². The van der Waals surface area contributed by atoms with E-state index in [1.165, 1.54) is 0 Å². The maximum atomic E-state index is 13.2. The highest BCUT2D eigenvalue weighted by Crippen LogP contribution is 2.29. The molecule has 3 rings (SSSR count). The molecule has 0 radical (unpaired) electrons. The second-order valence-corrected chi connectivity index (χ2v) is 7.65. The Labute approximate surface area is 177 Å². The van der Waals surface area contributed by atoms with Gasteiger partial charge in [0.25, 0.3) is 5.91 Å². The summed E-state index contributed by atoms with van der Waals surface area (Å²) in [5.41, 5.74) is 2.28. The minimum atomic E-state index is -0.710. The molecular weight excluding hydrogens is 374 g/mol. The van der Waals surface area contributed by atoms with Crippen molar-refractivity contribution in [1.82, 2.24) is 10.6 Å². The monoisotopic (exact) mass is 401 g/mol. The van der Waals surface area contributed by atoms with E-state index in [9.17, 15) is 9.59 Å². The maximum Gasteiger partial charge on any atom is 0.319 e. The molecule has 0 spiro atoms. The van der Waals surface area contributed by atoms with Gasteiger partial charge in [0.2, 0.25) is 0 Å². The van der Waals surface area contributed by atoms with Crippen LogP contribution in [0.2, 0.25) is 0 Å². The number of carbonyl (C=O) groups is 2. The number of hydrogen-bond donors (Lipinski definition) is 3. The molecule has 3 aromatic carbocycles. The van der Waals surface area contributed by atoms with Crippen molar-refractivity contribution in [2.75, 3.05) is 5.32 Å². The molecule has 154 valence electrons. The Morgan fingerprint density at radius 3 is 1.90 bits per heavy atom. The van der Waals surface area contributed by atoms with Crippen LogP contribution in [0, 0.1) is 0 Å². The van der Waals surface area contributed by atoms with E-state index in [1.807, 2.05) is 81.4 Å². The van der Waals surface area contributed by atoms with Gasteiger partial charge < -0.3 is 16.0 Å². The number of anilines is 1. The molecule has 5 heteroatoms. The van der Waals surface area contributed by atoms with Gasteiger partial charge in [0.05, 0.1) is 5.54 Å². The van der Waals surface area contributed by atoms with Crippen molar-refractivity contribution in [1.29, 1.82) is 0 Å². The Morgan fingerprint density at radius 2 is 1.37 bits per heavy atom. The first kappa shape index (κ1) is 21.1. The molecule has 0 saturated carbocycles. The Hall–Kier alpha value is -3.60. The molecule has 0 aliphatic heterocycles. The molecule has 30 heavy (non-hydrogen) atoms. The Balaban J connectivity index is 1.87. The van der Waals surface area contributed by atoms with Gasteiger partial charge in [-0.25, -0.2) is 4.79 Å². The minimum absolute atomic E-state index is 0.0222. The lowest BCUT2D eigenvalue weighted by Gasteiger charge is -2.32. The van der Waals surface area contributed by atoms with Crippen LogP contribution in [0.5, 0.6) is 0 Å². The third kappa shape index (κ3) is 5.06. The number of carbonyl (C=O) groups excluding carboxylic acids is 2. The molecule has 0 heterocycles. The highest BCUT2D eigenvalue weighted by atomic mass is 16.2. The molecular formula is C25H27N3O2.